The van der Waals surface area contributed by atoms with Crippen LogP contribution in [0.2, 0.25) is 0 Å². The number of nitrogens with one attached hydrogen (secondary N) is 1. The molecule has 142 valence electrons. The molecule has 0 heterocycles. The van der Waals surface area contributed by atoms with Crippen molar-refractivity contribution in [3.63, 3.8) is 0 Å². The molecule has 1 N–H and O–H groups in total. The number of carbonyl (C=O) groups excluding carboxylic acids is 3. The molecule has 3 rings (SSSR count). The molecule has 0 aromatic heterocycles. The van der Waals surface area contributed by atoms with Gasteiger partial charge < -0.3 is 14.8 Å². The quantitative estimate of drug-likeness (QED) is 0.296. The fraction of sp³-hybridized carbons (Fsp3) is 0.136. The van der Waals surface area contributed by atoms with Gasteiger partial charge in [-0.15, -0.1) is 0 Å². The highest BCUT2D eigenvalue weighted by molar-refractivity contribution is 6.40. The summed E-state index contributed by atoms with van der Waals surface area (Å²) in [4.78, 5) is 35.1. The van der Waals surface area contributed by atoms with Crippen LogP contribution in [-0.2, 0) is 9.53 Å². The van der Waals surface area contributed by atoms with Gasteiger partial charge in [0.25, 0.3) is 11.7 Å². The Morgan fingerprint density at radius 3 is 2.25 bits per heavy atom. The first-order valence-corrected chi connectivity index (χ1v) is 8.71. The minimum Gasteiger partial charge on any atom is -0.492 e. The minimum absolute atomic E-state index is 0.169. The number of ketones is 1. The number of hydrogen-bond acceptors (Lipinski definition) is 5. The van der Waals surface area contributed by atoms with E-state index in [0.29, 0.717) is 18.7 Å². The highest BCUT2D eigenvalue weighted by atomic mass is 16.5. The number of ether oxygens (including phenoxy) is 2. The first-order chi connectivity index (χ1) is 13.6. The van der Waals surface area contributed by atoms with Gasteiger partial charge in [0.05, 0.1) is 13.7 Å². The molecule has 28 heavy (non-hydrogen) atoms. The second-order valence-corrected chi connectivity index (χ2v) is 6.01. The number of amides is 1. The molecule has 0 aliphatic carbocycles. The zero-order valence-electron chi connectivity index (χ0n) is 15.3. The molecule has 0 aliphatic heterocycles. The maximum atomic E-state index is 12.2. The van der Waals surface area contributed by atoms with Crippen molar-refractivity contribution in [2.24, 2.45) is 0 Å². The van der Waals surface area contributed by atoms with E-state index < -0.39 is 11.8 Å². The Hall–Kier alpha value is -3.67. The summed E-state index contributed by atoms with van der Waals surface area (Å²) in [6, 6.07) is 19.6. The Bertz CT molecular complexity index is 1010. The molecule has 0 spiro atoms. The Morgan fingerprint density at radius 1 is 0.857 bits per heavy atom. The maximum absolute atomic E-state index is 12.2. The summed E-state index contributed by atoms with van der Waals surface area (Å²) in [6.45, 7) is 0.650. The second kappa shape index (κ2) is 8.81. The number of Topliss-reactive ketones (excluding diaryl/α,β-unsaturated/α-hetero) is 1. The van der Waals surface area contributed by atoms with Crippen LogP contribution in [0.3, 0.4) is 0 Å². The first-order valence-electron chi connectivity index (χ1n) is 8.71. The molecule has 0 atom stereocenters. The van der Waals surface area contributed by atoms with Crippen molar-refractivity contribution < 1.29 is 23.9 Å². The lowest BCUT2D eigenvalue weighted by Crippen LogP contribution is -2.28. The number of benzene rings is 3. The summed E-state index contributed by atoms with van der Waals surface area (Å²) in [5.41, 5.74) is 0.551. The van der Waals surface area contributed by atoms with Gasteiger partial charge in [-0.1, -0.05) is 30.3 Å². The van der Waals surface area contributed by atoms with E-state index in [0.717, 1.165) is 23.6 Å². The average Bonchev–Trinajstić information content (AvgIpc) is 2.75. The fourth-order valence-electron chi connectivity index (χ4n) is 2.68. The molecule has 6 nitrogen and oxygen atoms in total. The van der Waals surface area contributed by atoms with Crippen LogP contribution in [0.5, 0.6) is 5.75 Å². The van der Waals surface area contributed by atoms with Crippen LogP contribution in [0.15, 0.2) is 66.7 Å². The van der Waals surface area contributed by atoms with Crippen molar-refractivity contribution in [2.45, 2.75) is 0 Å². The lowest BCUT2D eigenvalue weighted by atomic mass is 10.1. The number of rotatable bonds is 7. The van der Waals surface area contributed by atoms with Gasteiger partial charge in [-0.05, 0) is 47.2 Å². The van der Waals surface area contributed by atoms with Gasteiger partial charge in [-0.3, -0.25) is 9.59 Å². The molecule has 0 bridgehead atoms. The normalized spacial score (nSPS) is 10.3. The van der Waals surface area contributed by atoms with Crippen LogP contribution in [0.1, 0.15) is 20.7 Å². The van der Waals surface area contributed by atoms with Crippen molar-refractivity contribution >= 4 is 28.4 Å². The number of fused-ring (bicyclic) bond motifs is 1. The SMILES string of the molecule is COC(=O)C(=O)c1ccc(C(=O)NCCOc2ccc3ccccc3c2)cc1. The minimum atomic E-state index is -0.942. The van der Waals surface area contributed by atoms with E-state index in [1.54, 1.807) is 0 Å². The summed E-state index contributed by atoms with van der Waals surface area (Å²) >= 11 is 0. The van der Waals surface area contributed by atoms with Gasteiger partial charge in [-0.25, -0.2) is 4.79 Å². The molecule has 0 saturated heterocycles. The molecule has 0 fully saturated rings. The van der Waals surface area contributed by atoms with Gasteiger partial charge >= 0.3 is 5.97 Å². The zero-order chi connectivity index (χ0) is 19.9. The Balaban J connectivity index is 1.49. The van der Waals surface area contributed by atoms with Crippen LogP contribution in [0.4, 0.5) is 0 Å². The lowest BCUT2D eigenvalue weighted by Gasteiger charge is -2.09. The molecule has 0 aliphatic rings. The van der Waals surface area contributed by atoms with Crippen molar-refractivity contribution in [3.05, 3.63) is 77.9 Å². The van der Waals surface area contributed by atoms with Crippen LogP contribution in [-0.4, -0.2) is 37.9 Å². The Morgan fingerprint density at radius 2 is 1.54 bits per heavy atom. The zero-order valence-corrected chi connectivity index (χ0v) is 15.3. The van der Waals surface area contributed by atoms with Crippen molar-refractivity contribution in [1.29, 1.82) is 0 Å². The average molecular weight is 377 g/mol. The molecule has 1 amide bonds. The van der Waals surface area contributed by atoms with Crippen molar-refractivity contribution in [2.75, 3.05) is 20.3 Å². The third-order valence-electron chi connectivity index (χ3n) is 4.16. The predicted molar refractivity (Wildman–Crippen MR) is 105 cm³/mol. The van der Waals surface area contributed by atoms with Crippen LogP contribution in [0, 0.1) is 0 Å². The number of hydrogen-bond donors (Lipinski definition) is 1. The van der Waals surface area contributed by atoms with Gasteiger partial charge in [0, 0.05) is 11.1 Å². The molecule has 3 aromatic carbocycles. The Labute approximate surface area is 162 Å². The second-order valence-electron chi connectivity index (χ2n) is 6.01. The smallest absolute Gasteiger partial charge is 0.379 e. The third kappa shape index (κ3) is 4.54. The standard InChI is InChI=1S/C22H19NO5/c1-27-22(26)20(24)16-6-8-17(9-7-16)21(25)23-12-13-28-19-11-10-15-4-2-3-5-18(15)14-19/h2-11,14H,12-13H2,1H3,(H,23,25). The molecule has 6 heteroatoms. The topological polar surface area (TPSA) is 81.7 Å². The van der Waals surface area contributed by atoms with E-state index in [4.69, 9.17) is 4.74 Å². The van der Waals surface area contributed by atoms with Gasteiger partial charge in [-0.2, -0.15) is 0 Å². The number of esters is 1. The Kier molecular flexibility index (Phi) is 6.01. The van der Waals surface area contributed by atoms with Crippen LogP contribution >= 0.6 is 0 Å². The van der Waals surface area contributed by atoms with E-state index in [-0.39, 0.29) is 11.5 Å². The summed E-state index contributed by atoms with van der Waals surface area (Å²) in [6.07, 6.45) is 0. The monoisotopic (exact) mass is 377 g/mol. The van der Waals surface area contributed by atoms with E-state index >= 15 is 0 Å². The third-order valence-corrected chi connectivity index (χ3v) is 4.16. The largest absolute Gasteiger partial charge is 0.492 e. The fourth-order valence-corrected chi connectivity index (χ4v) is 2.68. The highest BCUT2D eigenvalue weighted by Gasteiger charge is 2.16. The van der Waals surface area contributed by atoms with Crippen LogP contribution < -0.4 is 10.1 Å². The van der Waals surface area contributed by atoms with Crippen molar-refractivity contribution in [3.8, 4) is 5.75 Å². The summed E-state index contributed by atoms with van der Waals surface area (Å²) in [5, 5.41) is 4.97. The lowest BCUT2D eigenvalue weighted by molar-refractivity contribution is -0.135. The summed E-state index contributed by atoms with van der Waals surface area (Å²) < 4.78 is 10.1. The van der Waals surface area contributed by atoms with E-state index in [2.05, 4.69) is 10.1 Å². The van der Waals surface area contributed by atoms with E-state index in [1.807, 2.05) is 42.5 Å². The summed E-state index contributed by atoms with van der Waals surface area (Å²) in [7, 11) is 1.14. The van der Waals surface area contributed by atoms with Gasteiger partial charge in [0.15, 0.2) is 0 Å². The summed E-state index contributed by atoms with van der Waals surface area (Å²) in [5.74, 6) is -1.25. The maximum Gasteiger partial charge on any atom is 0.379 e. The van der Waals surface area contributed by atoms with Crippen LogP contribution in [0.25, 0.3) is 10.8 Å². The number of methoxy groups -OCH3 is 1. The highest BCUT2D eigenvalue weighted by Crippen LogP contribution is 2.20. The predicted octanol–water partition coefficient (Wildman–Crippen LogP) is 3.00. The molecule has 0 unspecified atom stereocenters. The molecular formula is C22H19NO5. The number of carbonyl (C=O) groups is 3. The van der Waals surface area contributed by atoms with E-state index in [1.165, 1.54) is 24.3 Å². The molecule has 3 aromatic rings. The molecule has 0 saturated carbocycles. The first kappa shape index (κ1) is 19.1. The molecule has 0 radical (unpaired) electrons. The van der Waals surface area contributed by atoms with Gasteiger partial charge in [0.1, 0.15) is 12.4 Å². The van der Waals surface area contributed by atoms with Gasteiger partial charge in [0.2, 0.25) is 0 Å². The van der Waals surface area contributed by atoms with E-state index in [9.17, 15) is 14.4 Å². The molecular weight excluding hydrogens is 358 g/mol. The van der Waals surface area contributed by atoms with Crippen molar-refractivity contribution in [1.82, 2.24) is 5.32 Å².